The van der Waals surface area contributed by atoms with Gasteiger partial charge in [0.05, 0.1) is 21.3 Å². The van der Waals surface area contributed by atoms with Gasteiger partial charge in [0.15, 0.2) is 11.5 Å². The first kappa shape index (κ1) is 16.4. The first-order chi connectivity index (χ1) is 11.2. The van der Waals surface area contributed by atoms with Gasteiger partial charge in [-0.15, -0.1) is 0 Å². The minimum atomic E-state index is -0.507. The number of hydrogen-bond donors (Lipinski definition) is 0. The Balaban J connectivity index is 2.12. The minimum Gasteiger partial charge on any atom is -0.497 e. The van der Waals surface area contributed by atoms with Crippen LogP contribution in [0.15, 0.2) is 48.5 Å². The summed E-state index contributed by atoms with van der Waals surface area (Å²) in [4.78, 5) is 11.9. The lowest BCUT2D eigenvalue weighted by molar-refractivity contribution is -0.129. The van der Waals surface area contributed by atoms with E-state index in [9.17, 15) is 4.79 Å². The van der Waals surface area contributed by atoms with Crippen molar-refractivity contribution in [3.63, 3.8) is 0 Å². The number of methoxy groups -OCH3 is 3. The van der Waals surface area contributed by atoms with Gasteiger partial charge in [-0.1, -0.05) is 12.1 Å². The number of rotatable bonds is 6. The van der Waals surface area contributed by atoms with Crippen molar-refractivity contribution in [2.24, 2.45) is 0 Å². The van der Waals surface area contributed by atoms with Crippen LogP contribution in [0.2, 0.25) is 0 Å². The van der Waals surface area contributed by atoms with Crippen molar-refractivity contribution in [3.8, 4) is 23.0 Å². The van der Waals surface area contributed by atoms with Gasteiger partial charge in [0.1, 0.15) is 11.5 Å². The van der Waals surface area contributed by atoms with Crippen LogP contribution in [-0.2, 0) is 4.79 Å². The predicted octanol–water partition coefficient (Wildman–Crippen LogP) is 3.33. The summed E-state index contributed by atoms with van der Waals surface area (Å²) in [5.41, 5.74) is 0.741. The molecular formula is C18H18O5. The van der Waals surface area contributed by atoms with E-state index in [1.807, 2.05) is 0 Å². The van der Waals surface area contributed by atoms with Gasteiger partial charge in [-0.25, -0.2) is 4.79 Å². The third-order valence-electron chi connectivity index (χ3n) is 3.12. The molecule has 0 saturated heterocycles. The van der Waals surface area contributed by atoms with Crippen LogP contribution in [-0.4, -0.2) is 27.3 Å². The molecule has 0 N–H and O–H groups in total. The van der Waals surface area contributed by atoms with Crippen molar-refractivity contribution < 1.29 is 23.7 Å². The van der Waals surface area contributed by atoms with Crippen molar-refractivity contribution >= 4 is 12.0 Å². The van der Waals surface area contributed by atoms with Crippen LogP contribution in [0.3, 0.4) is 0 Å². The van der Waals surface area contributed by atoms with Crippen LogP contribution in [0.5, 0.6) is 23.0 Å². The average Bonchev–Trinajstić information content (AvgIpc) is 2.60. The summed E-state index contributed by atoms with van der Waals surface area (Å²) in [7, 11) is 4.65. The zero-order chi connectivity index (χ0) is 16.7. The SMILES string of the molecule is COc1ccc(/C=C/C(=O)Oc2ccccc2OC)c(OC)c1. The Hall–Kier alpha value is -2.95. The molecule has 0 saturated carbocycles. The summed E-state index contributed by atoms with van der Waals surface area (Å²) in [5.74, 6) is 1.64. The van der Waals surface area contributed by atoms with Crippen LogP contribution in [0.4, 0.5) is 0 Å². The zero-order valence-corrected chi connectivity index (χ0v) is 13.2. The third kappa shape index (κ3) is 4.26. The van der Waals surface area contributed by atoms with E-state index in [0.29, 0.717) is 23.0 Å². The van der Waals surface area contributed by atoms with E-state index in [2.05, 4.69) is 0 Å². The third-order valence-corrected chi connectivity index (χ3v) is 3.12. The number of carbonyl (C=O) groups excluding carboxylic acids is 1. The van der Waals surface area contributed by atoms with Crippen molar-refractivity contribution in [2.75, 3.05) is 21.3 Å². The summed E-state index contributed by atoms with van der Waals surface area (Å²) < 4.78 is 20.8. The molecule has 0 aliphatic heterocycles. The van der Waals surface area contributed by atoms with E-state index >= 15 is 0 Å². The Labute approximate surface area is 135 Å². The Morgan fingerprint density at radius 3 is 2.22 bits per heavy atom. The number of ether oxygens (including phenoxy) is 4. The monoisotopic (exact) mass is 314 g/mol. The Bertz CT molecular complexity index is 706. The zero-order valence-electron chi connectivity index (χ0n) is 13.2. The largest absolute Gasteiger partial charge is 0.497 e. The first-order valence-electron chi connectivity index (χ1n) is 6.93. The lowest BCUT2D eigenvalue weighted by Gasteiger charge is -2.08. The van der Waals surface area contributed by atoms with Gasteiger partial charge in [-0.2, -0.15) is 0 Å². The molecule has 0 aromatic heterocycles. The van der Waals surface area contributed by atoms with Crippen LogP contribution in [0, 0.1) is 0 Å². The number of benzene rings is 2. The lowest BCUT2D eigenvalue weighted by atomic mass is 10.2. The van der Waals surface area contributed by atoms with Crippen molar-refractivity contribution in [1.82, 2.24) is 0 Å². The Kier molecular flexibility index (Phi) is 5.63. The molecule has 5 nitrogen and oxygen atoms in total. The summed E-state index contributed by atoms with van der Waals surface area (Å²) in [6, 6.07) is 12.3. The van der Waals surface area contributed by atoms with Crippen molar-refractivity contribution in [3.05, 3.63) is 54.1 Å². The summed E-state index contributed by atoms with van der Waals surface area (Å²) >= 11 is 0. The number of hydrogen-bond acceptors (Lipinski definition) is 5. The van der Waals surface area contributed by atoms with E-state index in [4.69, 9.17) is 18.9 Å². The second-order valence-corrected chi connectivity index (χ2v) is 4.51. The second kappa shape index (κ2) is 7.89. The van der Waals surface area contributed by atoms with E-state index in [-0.39, 0.29) is 0 Å². The highest BCUT2D eigenvalue weighted by Crippen LogP contribution is 2.27. The first-order valence-corrected chi connectivity index (χ1v) is 6.93. The molecule has 2 aromatic carbocycles. The molecule has 120 valence electrons. The van der Waals surface area contributed by atoms with E-state index < -0.39 is 5.97 Å². The molecule has 0 bridgehead atoms. The highest BCUT2D eigenvalue weighted by molar-refractivity contribution is 5.89. The summed E-state index contributed by atoms with van der Waals surface area (Å²) in [6.07, 6.45) is 2.95. The van der Waals surface area contributed by atoms with Gasteiger partial charge in [0.25, 0.3) is 0 Å². The molecule has 0 amide bonds. The van der Waals surface area contributed by atoms with Gasteiger partial charge >= 0.3 is 5.97 Å². The van der Waals surface area contributed by atoms with Gasteiger partial charge in [-0.3, -0.25) is 0 Å². The van der Waals surface area contributed by atoms with Gasteiger partial charge in [0, 0.05) is 17.7 Å². The fourth-order valence-corrected chi connectivity index (χ4v) is 1.96. The molecule has 0 radical (unpaired) electrons. The molecular weight excluding hydrogens is 296 g/mol. The molecule has 2 aromatic rings. The number of esters is 1. The maximum Gasteiger partial charge on any atom is 0.336 e. The van der Waals surface area contributed by atoms with Crippen LogP contribution in [0.1, 0.15) is 5.56 Å². The lowest BCUT2D eigenvalue weighted by Crippen LogP contribution is -2.04. The summed E-state index contributed by atoms with van der Waals surface area (Å²) in [5, 5.41) is 0. The molecule has 2 rings (SSSR count). The molecule has 5 heteroatoms. The molecule has 0 spiro atoms. The van der Waals surface area contributed by atoms with Crippen molar-refractivity contribution in [2.45, 2.75) is 0 Å². The molecule has 0 heterocycles. The fraction of sp³-hybridized carbons (Fsp3) is 0.167. The van der Waals surface area contributed by atoms with Crippen LogP contribution in [0.25, 0.3) is 6.08 Å². The molecule has 0 unspecified atom stereocenters. The number of carbonyl (C=O) groups is 1. The standard InChI is InChI=1S/C18H18O5/c1-20-14-10-8-13(17(12-14)22-3)9-11-18(19)23-16-7-5-4-6-15(16)21-2/h4-12H,1-3H3/b11-9+. The normalized spacial score (nSPS) is 10.4. The molecule has 23 heavy (non-hydrogen) atoms. The Morgan fingerprint density at radius 1 is 0.870 bits per heavy atom. The Morgan fingerprint density at radius 2 is 1.57 bits per heavy atom. The maximum absolute atomic E-state index is 11.9. The fourth-order valence-electron chi connectivity index (χ4n) is 1.96. The van der Waals surface area contributed by atoms with Crippen molar-refractivity contribution in [1.29, 1.82) is 0 Å². The van der Waals surface area contributed by atoms with Gasteiger partial charge in [0.2, 0.25) is 0 Å². The average molecular weight is 314 g/mol. The van der Waals surface area contributed by atoms with Gasteiger partial charge < -0.3 is 18.9 Å². The molecule has 0 aliphatic carbocycles. The van der Waals surface area contributed by atoms with E-state index in [1.54, 1.807) is 62.8 Å². The minimum absolute atomic E-state index is 0.367. The molecule has 0 atom stereocenters. The van der Waals surface area contributed by atoms with E-state index in [1.165, 1.54) is 13.2 Å². The van der Waals surface area contributed by atoms with Crippen LogP contribution < -0.4 is 18.9 Å². The smallest absolute Gasteiger partial charge is 0.336 e. The quantitative estimate of drug-likeness (QED) is 0.465. The topological polar surface area (TPSA) is 54.0 Å². The number of para-hydroxylation sites is 2. The van der Waals surface area contributed by atoms with Gasteiger partial charge in [-0.05, 0) is 30.3 Å². The highest BCUT2D eigenvalue weighted by Gasteiger charge is 2.07. The summed E-state index contributed by atoms with van der Waals surface area (Å²) in [6.45, 7) is 0. The maximum atomic E-state index is 11.9. The predicted molar refractivity (Wildman–Crippen MR) is 87.2 cm³/mol. The van der Waals surface area contributed by atoms with Crippen LogP contribution >= 0.6 is 0 Å². The highest BCUT2D eigenvalue weighted by atomic mass is 16.6. The van der Waals surface area contributed by atoms with E-state index in [0.717, 1.165) is 5.56 Å². The second-order valence-electron chi connectivity index (χ2n) is 4.51. The molecule has 0 aliphatic rings. The molecule has 0 fully saturated rings.